The van der Waals surface area contributed by atoms with Crippen LogP contribution in [0.25, 0.3) is 11.4 Å². The molecular weight excluding hydrogens is 214 g/mol. The van der Waals surface area contributed by atoms with E-state index in [9.17, 15) is 0 Å². The first-order valence-corrected chi connectivity index (χ1v) is 5.75. The standard InChI is InChI=1S/C12H17N5/c1-5-17-15-11(14-16-17)9-6-7-10(13-8-9)12(2,3)4/h6-8H,5H2,1-4H3. The first-order chi connectivity index (χ1) is 8.00. The second-order valence-electron chi connectivity index (χ2n) is 4.98. The van der Waals surface area contributed by atoms with Crippen molar-refractivity contribution in [1.82, 2.24) is 25.2 Å². The van der Waals surface area contributed by atoms with Crippen LogP contribution < -0.4 is 0 Å². The van der Waals surface area contributed by atoms with Crippen LogP contribution in [0.2, 0.25) is 0 Å². The molecule has 0 atom stereocenters. The predicted molar refractivity (Wildman–Crippen MR) is 65.4 cm³/mol. The van der Waals surface area contributed by atoms with Gasteiger partial charge in [0.1, 0.15) is 0 Å². The highest BCUT2D eigenvalue weighted by Gasteiger charge is 2.15. The van der Waals surface area contributed by atoms with Gasteiger partial charge in [0, 0.05) is 22.9 Å². The summed E-state index contributed by atoms with van der Waals surface area (Å²) in [6, 6.07) is 4.01. The lowest BCUT2D eigenvalue weighted by Crippen LogP contribution is -2.12. The number of aromatic nitrogens is 5. The highest BCUT2D eigenvalue weighted by molar-refractivity contribution is 5.52. The lowest BCUT2D eigenvalue weighted by Gasteiger charge is -2.17. The molecule has 2 aromatic rings. The fourth-order valence-corrected chi connectivity index (χ4v) is 1.46. The molecule has 2 aromatic heterocycles. The molecule has 0 saturated heterocycles. The monoisotopic (exact) mass is 231 g/mol. The number of pyridine rings is 1. The van der Waals surface area contributed by atoms with Gasteiger partial charge in [0.25, 0.3) is 0 Å². The maximum atomic E-state index is 4.44. The Morgan fingerprint density at radius 1 is 1.24 bits per heavy atom. The van der Waals surface area contributed by atoms with Crippen LogP contribution in [0.3, 0.4) is 0 Å². The zero-order valence-electron chi connectivity index (χ0n) is 10.7. The second kappa shape index (κ2) is 4.24. The summed E-state index contributed by atoms with van der Waals surface area (Å²) < 4.78 is 0. The van der Waals surface area contributed by atoms with Crippen LogP contribution in [0.5, 0.6) is 0 Å². The van der Waals surface area contributed by atoms with Crippen LogP contribution in [-0.2, 0) is 12.0 Å². The number of hydrogen-bond donors (Lipinski definition) is 0. The highest BCUT2D eigenvalue weighted by Crippen LogP contribution is 2.21. The summed E-state index contributed by atoms with van der Waals surface area (Å²) in [6.45, 7) is 9.12. The molecule has 2 rings (SSSR count). The number of hydrogen-bond acceptors (Lipinski definition) is 4. The van der Waals surface area contributed by atoms with Crippen molar-refractivity contribution in [2.24, 2.45) is 0 Å². The van der Waals surface area contributed by atoms with Crippen molar-refractivity contribution in [1.29, 1.82) is 0 Å². The molecule has 5 nitrogen and oxygen atoms in total. The molecule has 0 amide bonds. The molecule has 0 aliphatic heterocycles. The lowest BCUT2D eigenvalue weighted by molar-refractivity contribution is 0.552. The Bertz CT molecular complexity index is 492. The molecule has 17 heavy (non-hydrogen) atoms. The Kier molecular flexibility index (Phi) is 2.92. The second-order valence-corrected chi connectivity index (χ2v) is 4.98. The molecule has 0 fully saturated rings. The van der Waals surface area contributed by atoms with Gasteiger partial charge in [0.15, 0.2) is 0 Å². The first-order valence-electron chi connectivity index (χ1n) is 5.75. The smallest absolute Gasteiger partial charge is 0.206 e. The minimum Gasteiger partial charge on any atom is -0.260 e. The molecule has 0 aliphatic rings. The van der Waals surface area contributed by atoms with Gasteiger partial charge in [-0.1, -0.05) is 20.8 Å². The Morgan fingerprint density at radius 3 is 2.47 bits per heavy atom. The Morgan fingerprint density at radius 2 is 2.00 bits per heavy atom. The van der Waals surface area contributed by atoms with E-state index in [2.05, 4.69) is 41.2 Å². The molecule has 0 aromatic carbocycles. The van der Waals surface area contributed by atoms with E-state index in [4.69, 9.17) is 0 Å². The number of rotatable bonds is 2. The minimum absolute atomic E-state index is 0.0625. The summed E-state index contributed by atoms with van der Waals surface area (Å²) in [6.07, 6.45) is 1.80. The predicted octanol–water partition coefficient (Wildman–Crippen LogP) is 2.05. The third-order valence-electron chi connectivity index (χ3n) is 2.53. The van der Waals surface area contributed by atoms with Gasteiger partial charge < -0.3 is 0 Å². The van der Waals surface area contributed by atoms with E-state index in [1.165, 1.54) is 0 Å². The fraction of sp³-hybridized carbons (Fsp3) is 0.500. The van der Waals surface area contributed by atoms with Crippen molar-refractivity contribution in [3.8, 4) is 11.4 Å². The average molecular weight is 231 g/mol. The van der Waals surface area contributed by atoms with Gasteiger partial charge in [-0.2, -0.15) is 4.80 Å². The first kappa shape index (κ1) is 11.7. The average Bonchev–Trinajstić information content (AvgIpc) is 2.76. The summed E-state index contributed by atoms with van der Waals surface area (Å²) in [7, 11) is 0. The molecule has 0 spiro atoms. The highest BCUT2D eigenvalue weighted by atomic mass is 15.6. The summed E-state index contributed by atoms with van der Waals surface area (Å²) in [4.78, 5) is 6.01. The molecule has 90 valence electrons. The summed E-state index contributed by atoms with van der Waals surface area (Å²) >= 11 is 0. The molecule has 2 heterocycles. The van der Waals surface area contributed by atoms with Crippen molar-refractivity contribution >= 4 is 0 Å². The van der Waals surface area contributed by atoms with E-state index in [1.807, 2.05) is 19.1 Å². The number of nitrogens with zero attached hydrogens (tertiary/aromatic N) is 5. The maximum absolute atomic E-state index is 4.44. The van der Waals surface area contributed by atoms with Gasteiger partial charge in [-0.15, -0.1) is 10.2 Å². The summed E-state index contributed by atoms with van der Waals surface area (Å²) in [5, 5.41) is 12.2. The van der Waals surface area contributed by atoms with Crippen molar-refractivity contribution in [3.05, 3.63) is 24.0 Å². The van der Waals surface area contributed by atoms with Crippen molar-refractivity contribution in [2.45, 2.75) is 39.7 Å². The minimum atomic E-state index is 0.0625. The van der Waals surface area contributed by atoms with Crippen molar-refractivity contribution in [3.63, 3.8) is 0 Å². The Balaban J connectivity index is 2.29. The van der Waals surface area contributed by atoms with Gasteiger partial charge in [-0.05, 0) is 24.3 Å². The molecule has 5 heteroatoms. The Hall–Kier alpha value is -1.78. The van der Waals surface area contributed by atoms with E-state index in [-0.39, 0.29) is 5.41 Å². The van der Waals surface area contributed by atoms with E-state index in [0.717, 1.165) is 17.8 Å². The molecule has 0 N–H and O–H groups in total. The summed E-state index contributed by atoms with van der Waals surface area (Å²) in [5.41, 5.74) is 2.02. The van der Waals surface area contributed by atoms with Crippen LogP contribution in [0.4, 0.5) is 0 Å². The van der Waals surface area contributed by atoms with Crippen LogP contribution in [-0.4, -0.2) is 25.2 Å². The third kappa shape index (κ3) is 2.49. The van der Waals surface area contributed by atoms with Crippen LogP contribution in [0, 0.1) is 0 Å². The van der Waals surface area contributed by atoms with Gasteiger partial charge in [0.05, 0.1) is 6.54 Å². The topological polar surface area (TPSA) is 56.5 Å². The van der Waals surface area contributed by atoms with Crippen molar-refractivity contribution < 1.29 is 0 Å². The van der Waals surface area contributed by atoms with Gasteiger partial charge in [-0.25, -0.2) is 0 Å². The normalized spacial score (nSPS) is 11.8. The molecule has 0 saturated carbocycles. The SMILES string of the molecule is CCn1nnc(-c2ccc(C(C)(C)C)nc2)n1. The zero-order chi connectivity index (χ0) is 12.5. The molecule has 0 bridgehead atoms. The van der Waals surface area contributed by atoms with Crippen LogP contribution in [0.1, 0.15) is 33.4 Å². The third-order valence-corrected chi connectivity index (χ3v) is 2.53. The van der Waals surface area contributed by atoms with Gasteiger partial charge in [0.2, 0.25) is 5.82 Å². The van der Waals surface area contributed by atoms with E-state index >= 15 is 0 Å². The number of aryl methyl sites for hydroxylation is 1. The largest absolute Gasteiger partial charge is 0.260 e. The van der Waals surface area contributed by atoms with Gasteiger partial charge >= 0.3 is 0 Å². The quantitative estimate of drug-likeness (QED) is 0.793. The Labute approximate surface area is 101 Å². The molecular formula is C12H17N5. The lowest BCUT2D eigenvalue weighted by atomic mass is 9.91. The zero-order valence-corrected chi connectivity index (χ0v) is 10.7. The van der Waals surface area contributed by atoms with Crippen molar-refractivity contribution in [2.75, 3.05) is 0 Å². The van der Waals surface area contributed by atoms with E-state index < -0.39 is 0 Å². The number of tetrazole rings is 1. The molecule has 0 radical (unpaired) electrons. The van der Waals surface area contributed by atoms with Crippen LogP contribution >= 0.6 is 0 Å². The van der Waals surface area contributed by atoms with Gasteiger partial charge in [-0.3, -0.25) is 4.98 Å². The maximum Gasteiger partial charge on any atom is 0.206 e. The molecule has 0 aliphatic carbocycles. The van der Waals surface area contributed by atoms with E-state index in [0.29, 0.717) is 5.82 Å². The van der Waals surface area contributed by atoms with E-state index in [1.54, 1.807) is 11.0 Å². The molecule has 0 unspecified atom stereocenters. The summed E-state index contributed by atoms with van der Waals surface area (Å²) in [5.74, 6) is 0.625. The fourth-order valence-electron chi connectivity index (χ4n) is 1.46. The van der Waals surface area contributed by atoms with Crippen LogP contribution in [0.15, 0.2) is 18.3 Å².